The standard InChI is InChI=1S/C6H15NO3.C6H8O6/c8-4-1-7(2-5-9)3-6-10;7-1-2(8)5-3(9)4(10)6(11)12-5/h8-10H,1-6H2;2,5,7-10H,1H2/t;2-,5+/m.0/s1. The Morgan fingerprint density at radius 2 is 1.55 bits per heavy atom. The first-order valence-electron chi connectivity index (χ1n) is 6.69. The lowest BCUT2D eigenvalue weighted by Gasteiger charge is -2.15. The fourth-order valence-electron chi connectivity index (χ4n) is 1.66. The molecule has 0 aromatic carbocycles. The number of aliphatic hydroxyl groups is 6. The van der Waals surface area contributed by atoms with Gasteiger partial charge in [0.15, 0.2) is 6.10 Å². The summed E-state index contributed by atoms with van der Waals surface area (Å²) >= 11 is 0. The zero-order valence-electron chi connectivity index (χ0n) is 12.0. The van der Waals surface area contributed by atoms with Gasteiger partial charge in [0.2, 0.25) is 0 Å². The molecule has 0 radical (unpaired) electrons. The van der Waals surface area contributed by atoms with Crippen molar-refractivity contribution in [3.63, 3.8) is 0 Å². The van der Waals surface area contributed by atoms with Gasteiger partial charge in [-0.05, 0) is 0 Å². The van der Waals surface area contributed by atoms with Crippen LogP contribution in [0.4, 0.5) is 0 Å². The molecule has 10 nitrogen and oxygen atoms in total. The van der Waals surface area contributed by atoms with Gasteiger partial charge in [0, 0.05) is 5.76 Å². The van der Waals surface area contributed by atoms with E-state index in [1.165, 1.54) is 0 Å². The molecule has 0 aliphatic carbocycles. The molecule has 0 bridgehead atoms. The summed E-state index contributed by atoms with van der Waals surface area (Å²) in [5.41, 5.74) is 0. The second kappa shape index (κ2) is 11.2. The van der Waals surface area contributed by atoms with E-state index in [1.807, 2.05) is 0 Å². The van der Waals surface area contributed by atoms with E-state index in [1.54, 1.807) is 0 Å². The van der Waals surface area contributed by atoms with E-state index in [9.17, 15) is 9.90 Å². The Kier molecular flexibility index (Phi) is 10.5. The molecule has 22 heavy (non-hydrogen) atoms. The summed E-state index contributed by atoms with van der Waals surface area (Å²) in [5.74, 6) is -3.25. The molecule has 0 aromatic heterocycles. The maximum Gasteiger partial charge on any atom is 0.327 e. The SMILES string of the molecule is O=C1O[C@H]([C@@H](O)CO)C(O)=C1[O-].OCC[NH+](CCO)CCO. The quantitative estimate of drug-likeness (QED) is 0.214. The maximum absolute atomic E-state index is 10.6. The normalized spacial score (nSPS) is 19.0. The molecule has 0 saturated carbocycles. The molecule has 0 spiro atoms. The molecule has 2 atom stereocenters. The monoisotopic (exact) mass is 325 g/mol. The van der Waals surface area contributed by atoms with Gasteiger partial charge in [-0.1, -0.05) is 0 Å². The predicted octanol–water partition coefficient (Wildman–Crippen LogP) is -5.76. The van der Waals surface area contributed by atoms with Gasteiger partial charge in [-0.15, -0.1) is 0 Å². The summed E-state index contributed by atoms with van der Waals surface area (Å²) in [6.45, 7) is 1.42. The van der Waals surface area contributed by atoms with Gasteiger partial charge < -0.3 is 45.4 Å². The molecule has 0 amide bonds. The molecule has 1 rings (SSSR count). The van der Waals surface area contributed by atoms with E-state index in [0.717, 1.165) is 4.90 Å². The Bertz CT molecular complexity index is 346. The number of aliphatic hydroxyl groups excluding tert-OH is 6. The van der Waals surface area contributed by atoms with Crippen molar-refractivity contribution in [3.8, 4) is 0 Å². The minimum Gasteiger partial charge on any atom is -0.865 e. The summed E-state index contributed by atoms with van der Waals surface area (Å²) in [4.78, 5) is 11.5. The second-order valence-corrected chi connectivity index (χ2v) is 4.46. The lowest BCUT2D eigenvalue weighted by atomic mass is 10.2. The van der Waals surface area contributed by atoms with Crippen LogP contribution in [0.15, 0.2) is 11.5 Å². The zero-order chi connectivity index (χ0) is 17.1. The Morgan fingerprint density at radius 1 is 1.09 bits per heavy atom. The van der Waals surface area contributed by atoms with Crippen LogP contribution in [-0.2, 0) is 9.53 Å². The van der Waals surface area contributed by atoms with E-state index in [0.29, 0.717) is 19.6 Å². The summed E-state index contributed by atoms with van der Waals surface area (Å²) in [5, 5.41) is 62.3. The van der Waals surface area contributed by atoms with Gasteiger partial charge in [-0.25, -0.2) is 4.79 Å². The lowest BCUT2D eigenvalue weighted by Crippen LogP contribution is -3.13. The van der Waals surface area contributed by atoms with Crippen molar-refractivity contribution >= 4 is 5.97 Å². The Morgan fingerprint density at radius 3 is 1.82 bits per heavy atom. The molecular weight excluding hydrogens is 302 g/mol. The highest BCUT2D eigenvalue weighted by Gasteiger charge is 2.34. The van der Waals surface area contributed by atoms with E-state index < -0.39 is 36.3 Å². The molecular formula is C12H23NO9. The second-order valence-electron chi connectivity index (χ2n) is 4.46. The number of carbonyl (C=O) groups excluding carboxylic acids is 1. The third-order valence-electron chi connectivity index (χ3n) is 2.85. The van der Waals surface area contributed by atoms with E-state index in [-0.39, 0.29) is 19.8 Å². The first-order chi connectivity index (χ1) is 10.4. The highest BCUT2D eigenvalue weighted by molar-refractivity contribution is 5.88. The minimum absolute atomic E-state index is 0.106. The van der Waals surface area contributed by atoms with Crippen molar-refractivity contribution in [2.45, 2.75) is 12.2 Å². The fraction of sp³-hybridized carbons (Fsp3) is 0.750. The molecule has 0 unspecified atom stereocenters. The van der Waals surface area contributed by atoms with E-state index in [4.69, 9.17) is 30.6 Å². The summed E-state index contributed by atoms with van der Waals surface area (Å²) < 4.78 is 4.25. The van der Waals surface area contributed by atoms with E-state index >= 15 is 0 Å². The van der Waals surface area contributed by atoms with E-state index in [2.05, 4.69) is 4.74 Å². The number of esters is 1. The Hall–Kier alpha value is -1.43. The molecule has 130 valence electrons. The van der Waals surface area contributed by atoms with Gasteiger partial charge in [0.25, 0.3) is 0 Å². The summed E-state index contributed by atoms with van der Waals surface area (Å²) in [7, 11) is 0. The predicted molar refractivity (Wildman–Crippen MR) is 69.4 cm³/mol. The largest absolute Gasteiger partial charge is 0.865 e. The first kappa shape index (κ1) is 20.6. The number of carbonyl (C=O) groups is 1. The van der Waals surface area contributed by atoms with Gasteiger partial charge in [0.1, 0.15) is 31.5 Å². The third kappa shape index (κ3) is 6.56. The number of hydrogen-bond donors (Lipinski definition) is 7. The van der Waals surface area contributed by atoms with Gasteiger partial charge in [-0.3, -0.25) is 0 Å². The minimum atomic E-state index is -1.46. The van der Waals surface area contributed by atoms with Crippen molar-refractivity contribution in [1.82, 2.24) is 0 Å². The Labute approximate surface area is 127 Å². The van der Waals surface area contributed by atoms with Crippen LogP contribution in [0.3, 0.4) is 0 Å². The average Bonchev–Trinajstić information content (AvgIpc) is 2.76. The fourth-order valence-corrected chi connectivity index (χ4v) is 1.66. The number of nitrogens with one attached hydrogen (secondary N) is 1. The van der Waals surface area contributed by atoms with Crippen molar-refractivity contribution in [2.75, 3.05) is 46.1 Å². The molecule has 1 aliphatic rings. The molecule has 1 heterocycles. The lowest BCUT2D eigenvalue weighted by molar-refractivity contribution is -0.901. The highest BCUT2D eigenvalue weighted by Crippen LogP contribution is 2.19. The van der Waals surface area contributed by atoms with Crippen molar-refractivity contribution in [1.29, 1.82) is 0 Å². The molecule has 0 aromatic rings. The van der Waals surface area contributed by atoms with Crippen LogP contribution in [0.5, 0.6) is 0 Å². The number of hydrogen-bond acceptors (Lipinski definition) is 9. The van der Waals surface area contributed by atoms with Crippen molar-refractivity contribution in [2.24, 2.45) is 0 Å². The molecule has 0 fully saturated rings. The van der Waals surface area contributed by atoms with Crippen LogP contribution in [0.2, 0.25) is 0 Å². The van der Waals surface area contributed by atoms with Crippen LogP contribution < -0.4 is 10.0 Å². The smallest absolute Gasteiger partial charge is 0.327 e. The Balaban J connectivity index is 0.000000409. The molecule has 0 saturated heterocycles. The molecule has 1 aliphatic heterocycles. The van der Waals surface area contributed by atoms with Gasteiger partial charge in [0.05, 0.1) is 26.4 Å². The number of cyclic esters (lactones) is 1. The highest BCUT2D eigenvalue weighted by atomic mass is 16.6. The average molecular weight is 325 g/mol. The van der Waals surface area contributed by atoms with Crippen molar-refractivity contribution < 1.29 is 50.2 Å². The van der Waals surface area contributed by atoms with Crippen molar-refractivity contribution in [3.05, 3.63) is 11.5 Å². The summed E-state index contributed by atoms with van der Waals surface area (Å²) in [6, 6.07) is 0. The number of rotatable bonds is 8. The maximum atomic E-state index is 10.6. The van der Waals surface area contributed by atoms with Gasteiger partial charge in [-0.2, -0.15) is 0 Å². The van der Waals surface area contributed by atoms with Crippen LogP contribution in [0.25, 0.3) is 0 Å². The third-order valence-corrected chi connectivity index (χ3v) is 2.85. The van der Waals surface area contributed by atoms with Crippen LogP contribution in [0, 0.1) is 0 Å². The number of ether oxygens (including phenoxy) is 1. The van der Waals surface area contributed by atoms with Gasteiger partial charge >= 0.3 is 5.97 Å². The van der Waals surface area contributed by atoms with Crippen LogP contribution in [0.1, 0.15) is 0 Å². The molecule has 7 N–H and O–H groups in total. The molecule has 10 heteroatoms. The number of quaternary nitrogens is 1. The van der Waals surface area contributed by atoms with Crippen LogP contribution >= 0.6 is 0 Å². The van der Waals surface area contributed by atoms with Crippen LogP contribution in [-0.4, -0.2) is 94.9 Å². The zero-order valence-corrected chi connectivity index (χ0v) is 12.0. The topological polar surface area (TPSA) is 175 Å². The first-order valence-corrected chi connectivity index (χ1v) is 6.69. The summed E-state index contributed by atoms with van der Waals surface area (Å²) in [6.07, 6.45) is -2.88.